The molecule has 0 bridgehead atoms. The second-order valence-corrected chi connectivity index (χ2v) is 6.60. The van der Waals surface area contributed by atoms with Crippen LogP contribution in [0.2, 0.25) is 0 Å². The minimum Gasteiger partial charge on any atom is -0.399 e. The third kappa shape index (κ3) is 3.22. The van der Waals surface area contributed by atoms with Crippen LogP contribution in [0, 0.1) is 5.92 Å². The van der Waals surface area contributed by atoms with Crippen LogP contribution in [0.3, 0.4) is 0 Å². The summed E-state index contributed by atoms with van der Waals surface area (Å²) in [4.78, 5) is 2.48. The first-order chi connectivity index (χ1) is 8.47. The van der Waals surface area contributed by atoms with E-state index in [1.807, 2.05) is 0 Å². The average molecular weight is 269 g/mol. The lowest BCUT2D eigenvalue weighted by Gasteiger charge is -2.12. The summed E-state index contributed by atoms with van der Waals surface area (Å²) in [6, 6.07) is 6.24. The Labute approximate surface area is 108 Å². The van der Waals surface area contributed by atoms with Gasteiger partial charge < -0.3 is 10.6 Å². The molecule has 1 heterocycles. The van der Waals surface area contributed by atoms with E-state index in [1.165, 1.54) is 12.1 Å². The number of benzene rings is 1. The summed E-state index contributed by atoms with van der Waals surface area (Å²) in [6.07, 6.45) is 1.04. The fourth-order valence-electron chi connectivity index (χ4n) is 2.15. The van der Waals surface area contributed by atoms with Crippen molar-refractivity contribution >= 4 is 15.7 Å². The van der Waals surface area contributed by atoms with Crippen molar-refractivity contribution in [2.24, 2.45) is 5.92 Å². The molecule has 100 valence electrons. The van der Waals surface area contributed by atoms with E-state index in [2.05, 4.69) is 16.7 Å². The number of nitrogens with one attached hydrogen (secondary N) is 1. The highest BCUT2D eigenvalue weighted by atomic mass is 32.2. The van der Waals surface area contributed by atoms with E-state index in [-0.39, 0.29) is 4.90 Å². The predicted octanol–water partition coefficient (Wildman–Crippen LogP) is 0.499. The molecule has 3 N–H and O–H groups in total. The SMILES string of the molecule is CN1CCC(CNS(=O)(=O)c2ccc(N)cc2)C1. The van der Waals surface area contributed by atoms with Gasteiger partial charge in [0, 0.05) is 18.8 Å². The predicted molar refractivity (Wildman–Crippen MR) is 71.6 cm³/mol. The Hall–Kier alpha value is -1.11. The standard InChI is InChI=1S/C12H19N3O2S/c1-15-7-6-10(9-15)8-14-18(16,17)12-4-2-11(13)3-5-12/h2-5,10,14H,6-9,13H2,1H3. The highest BCUT2D eigenvalue weighted by molar-refractivity contribution is 7.89. The van der Waals surface area contributed by atoms with Crippen LogP contribution in [0.25, 0.3) is 0 Å². The summed E-state index contributed by atoms with van der Waals surface area (Å²) >= 11 is 0. The minimum atomic E-state index is -3.41. The van der Waals surface area contributed by atoms with Crippen LogP contribution < -0.4 is 10.5 Å². The summed E-state index contributed by atoms with van der Waals surface area (Å²) in [7, 11) is -1.36. The van der Waals surface area contributed by atoms with Gasteiger partial charge in [0.25, 0.3) is 0 Å². The molecule has 0 saturated carbocycles. The Morgan fingerprint density at radius 1 is 1.39 bits per heavy atom. The molecule has 0 aromatic heterocycles. The summed E-state index contributed by atoms with van der Waals surface area (Å²) in [5, 5.41) is 0. The Bertz CT molecular complexity index is 499. The molecule has 0 radical (unpaired) electrons. The maximum absolute atomic E-state index is 12.0. The highest BCUT2D eigenvalue weighted by Gasteiger charge is 2.22. The van der Waals surface area contributed by atoms with Crippen molar-refractivity contribution in [1.82, 2.24) is 9.62 Å². The molecule has 1 unspecified atom stereocenters. The summed E-state index contributed by atoms with van der Waals surface area (Å²) in [5.41, 5.74) is 6.10. The first-order valence-electron chi connectivity index (χ1n) is 6.01. The molecular formula is C12H19N3O2S. The van der Waals surface area contributed by atoms with E-state index < -0.39 is 10.0 Å². The molecule has 6 heteroatoms. The molecule has 1 fully saturated rings. The van der Waals surface area contributed by atoms with Crippen molar-refractivity contribution < 1.29 is 8.42 Å². The van der Waals surface area contributed by atoms with Gasteiger partial charge >= 0.3 is 0 Å². The minimum absolute atomic E-state index is 0.267. The number of rotatable bonds is 4. The zero-order valence-corrected chi connectivity index (χ0v) is 11.3. The molecular weight excluding hydrogens is 250 g/mol. The number of sulfonamides is 1. The zero-order valence-electron chi connectivity index (χ0n) is 10.5. The number of hydrogen-bond donors (Lipinski definition) is 2. The van der Waals surface area contributed by atoms with Crippen molar-refractivity contribution in [1.29, 1.82) is 0 Å². The van der Waals surface area contributed by atoms with E-state index in [0.717, 1.165) is 19.5 Å². The number of likely N-dealkylation sites (tertiary alicyclic amines) is 1. The molecule has 0 spiro atoms. The van der Waals surface area contributed by atoms with Gasteiger partial charge in [0.05, 0.1) is 4.90 Å². The largest absolute Gasteiger partial charge is 0.399 e. The van der Waals surface area contributed by atoms with E-state index in [9.17, 15) is 8.42 Å². The molecule has 1 aromatic rings. The van der Waals surface area contributed by atoms with Gasteiger partial charge in [0.2, 0.25) is 10.0 Å². The van der Waals surface area contributed by atoms with Gasteiger partial charge in [-0.25, -0.2) is 13.1 Å². The van der Waals surface area contributed by atoms with Gasteiger partial charge in [-0.2, -0.15) is 0 Å². The molecule has 18 heavy (non-hydrogen) atoms. The lowest BCUT2D eigenvalue weighted by atomic mass is 10.1. The summed E-state index contributed by atoms with van der Waals surface area (Å²) in [6.45, 7) is 2.48. The van der Waals surface area contributed by atoms with E-state index in [4.69, 9.17) is 5.73 Å². The van der Waals surface area contributed by atoms with Crippen LogP contribution in [0.5, 0.6) is 0 Å². The van der Waals surface area contributed by atoms with Gasteiger partial charge in [-0.05, 0) is 50.2 Å². The van der Waals surface area contributed by atoms with Crippen molar-refractivity contribution in [2.75, 3.05) is 32.4 Å². The van der Waals surface area contributed by atoms with Crippen LogP contribution in [-0.2, 0) is 10.0 Å². The van der Waals surface area contributed by atoms with Gasteiger partial charge in [-0.3, -0.25) is 0 Å². The Morgan fingerprint density at radius 3 is 2.61 bits per heavy atom. The number of nitrogens with two attached hydrogens (primary N) is 1. The summed E-state index contributed by atoms with van der Waals surface area (Å²) < 4.78 is 26.7. The Kier molecular flexibility index (Phi) is 3.89. The van der Waals surface area contributed by atoms with Crippen LogP contribution >= 0.6 is 0 Å². The average Bonchev–Trinajstić information content (AvgIpc) is 2.73. The van der Waals surface area contributed by atoms with Gasteiger partial charge in [0.1, 0.15) is 0 Å². The second-order valence-electron chi connectivity index (χ2n) is 4.84. The second kappa shape index (κ2) is 5.26. The van der Waals surface area contributed by atoms with Crippen LogP contribution in [0.15, 0.2) is 29.2 Å². The number of nitrogens with zero attached hydrogens (tertiary/aromatic N) is 1. The molecule has 0 aliphatic carbocycles. The number of anilines is 1. The Morgan fingerprint density at radius 2 is 2.06 bits per heavy atom. The number of hydrogen-bond acceptors (Lipinski definition) is 4. The van der Waals surface area contributed by atoms with Gasteiger partial charge in [-0.15, -0.1) is 0 Å². The van der Waals surface area contributed by atoms with Crippen molar-refractivity contribution in [3.05, 3.63) is 24.3 Å². The molecule has 5 nitrogen and oxygen atoms in total. The van der Waals surface area contributed by atoms with Crippen molar-refractivity contribution in [2.45, 2.75) is 11.3 Å². The fraction of sp³-hybridized carbons (Fsp3) is 0.500. The molecule has 0 amide bonds. The van der Waals surface area contributed by atoms with Gasteiger partial charge in [-0.1, -0.05) is 0 Å². The monoisotopic (exact) mass is 269 g/mol. The van der Waals surface area contributed by atoms with E-state index >= 15 is 0 Å². The molecule has 1 aliphatic heterocycles. The third-order valence-corrected chi connectivity index (χ3v) is 4.68. The highest BCUT2D eigenvalue weighted by Crippen LogP contribution is 2.15. The lowest BCUT2D eigenvalue weighted by Crippen LogP contribution is -2.30. The fourth-order valence-corrected chi connectivity index (χ4v) is 3.27. The normalized spacial score (nSPS) is 21.3. The molecule has 1 atom stereocenters. The van der Waals surface area contributed by atoms with Crippen molar-refractivity contribution in [3.8, 4) is 0 Å². The third-order valence-electron chi connectivity index (χ3n) is 3.24. The van der Waals surface area contributed by atoms with E-state index in [1.54, 1.807) is 12.1 Å². The molecule has 1 aliphatic rings. The first-order valence-corrected chi connectivity index (χ1v) is 7.49. The molecule has 1 saturated heterocycles. The summed E-state index contributed by atoms with van der Waals surface area (Å²) in [5.74, 6) is 0.401. The topological polar surface area (TPSA) is 75.4 Å². The Balaban J connectivity index is 1.97. The zero-order chi connectivity index (χ0) is 13.2. The van der Waals surface area contributed by atoms with Gasteiger partial charge in [0.15, 0.2) is 0 Å². The van der Waals surface area contributed by atoms with Crippen LogP contribution in [-0.4, -0.2) is 40.0 Å². The quantitative estimate of drug-likeness (QED) is 0.780. The number of nitrogen functional groups attached to an aromatic ring is 1. The van der Waals surface area contributed by atoms with Crippen LogP contribution in [0.1, 0.15) is 6.42 Å². The van der Waals surface area contributed by atoms with Crippen molar-refractivity contribution in [3.63, 3.8) is 0 Å². The molecule has 2 rings (SSSR count). The molecule has 1 aromatic carbocycles. The maximum Gasteiger partial charge on any atom is 0.240 e. The van der Waals surface area contributed by atoms with Crippen LogP contribution in [0.4, 0.5) is 5.69 Å². The van der Waals surface area contributed by atoms with E-state index in [0.29, 0.717) is 18.2 Å². The lowest BCUT2D eigenvalue weighted by molar-refractivity contribution is 0.394. The maximum atomic E-state index is 12.0. The first kappa shape index (κ1) is 13.3. The smallest absolute Gasteiger partial charge is 0.240 e.